The van der Waals surface area contributed by atoms with Gasteiger partial charge >= 0.3 is 5.97 Å². The van der Waals surface area contributed by atoms with Gasteiger partial charge in [-0.3, -0.25) is 4.79 Å². The summed E-state index contributed by atoms with van der Waals surface area (Å²) in [6, 6.07) is 8.94. The monoisotopic (exact) mass is 769 g/mol. The SMILES string of the molecule is CC[N+]1=C(C=CC=CC=CC=C2N(CCCCCC(=O)O)c3ccc(S(=O)(=O)[O-])cc3C2(C)CCOCCOC)C(C)(C)c2cc(S(=O)(=O)[O-])ccc21. The van der Waals surface area contributed by atoms with Crippen molar-refractivity contribution < 1.29 is 49.9 Å². The topological polar surface area (TPSA) is 176 Å². The van der Waals surface area contributed by atoms with Gasteiger partial charge in [0.05, 0.1) is 28.4 Å². The van der Waals surface area contributed by atoms with Gasteiger partial charge in [-0.15, -0.1) is 0 Å². The van der Waals surface area contributed by atoms with Gasteiger partial charge in [0.1, 0.15) is 26.8 Å². The second kappa shape index (κ2) is 17.5. The van der Waals surface area contributed by atoms with Crippen molar-refractivity contribution in [2.45, 2.75) is 80.4 Å². The van der Waals surface area contributed by atoms with Crippen molar-refractivity contribution in [2.24, 2.45) is 0 Å². The van der Waals surface area contributed by atoms with Crippen molar-refractivity contribution >= 4 is 43.3 Å². The van der Waals surface area contributed by atoms with E-state index in [0.29, 0.717) is 64.2 Å². The van der Waals surface area contributed by atoms with Crippen molar-refractivity contribution in [3.63, 3.8) is 0 Å². The number of fused-ring (bicyclic) bond motifs is 2. The Balaban J connectivity index is 1.63. The highest BCUT2D eigenvalue weighted by Crippen LogP contribution is 2.51. The third kappa shape index (κ3) is 9.80. The molecule has 0 aliphatic carbocycles. The number of aliphatic carboxylic acids is 1. The minimum atomic E-state index is -4.71. The molecule has 0 saturated heterocycles. The highest BCUT2D eigenvalue weighted by molar-refractivity contribution is 7.86. The van der Waals surface area contributed by atoms with Gasteiger partial charge in [0, 0.05) is 61.2 Å². The van der Waals surface area contributed by atoms with E-state index in [4.69, 9.17) is 14.6 Å². The Hall–Kier alpha value is -3.92. The van der Waals surface area contributed by atoms with Crippen LogP contribution in [0.2, 0.25) is 0 Å². The zero-order chi connectivity index (χ0) is 39.0. The average Bonchev–Trinajstić information content (AvgIpc) is 3.45. The minimum Gasteiger partial charge on any atom is -0.744 e. The largest absolute Gasteiger partial charge is 0.744 e. The molecule has 2 aromatic carbocycles. The molecule has 0 fully saturated rings. The summed E-state index contributed by atoms with van der Waals surface area (Å²) in [7, 11) is -7.72. The maximum Gasteiger partial charge on any atom is 0.303 e. The van der Waals surface area contributed by atoms with E-state index >= 15 is 0 Å². The van der Waals surface area contributed by atoms with Crippen LogP contribution in [0.3, 0.4) is 0 Å². The summed E-state index contributed by atoms with van der Waals surface area (Å²) in [4.78, 5) is 12.6. The Morgan fingerprint density at radius 2 is 1.51 bits per heavy atom. The average molecular weight is 770 g/mol. The standard InChI is InChI=1S/C39H50N2O10S2/c1-6-40-33-20-18-29(52(44,45)46)27-31(33)38(2,3)35(40)15-11-8-7-9-12-16-36-39(4,22-24-51-26-25-50-5)32-28-30(53(47,48)49)19-21-34(32)41(36)23-14-10-13-17-37(42)43/h7-9,11-12,15-16,18-21,27-28H,6,10,13-14,17,22-26H2,1-5H3,(H2-,42,43,44,45,46,47,48,49)/p-1. The summed E-state index contributed by atoms with van der Waals surface area (Å²) in [5.74, 6) is -0.845. The molecule has 53 heavy (non-hydrogen) atoms. The third-order valence-electron chi connectivity index (χ3n) is 9.87. The van der Waals surface area contributed by atoms with Crippen LogP contribution >= 0.6 is 0 Å². The number of rotatable bonds is 19. The normalized spacial score (nSPS) is 19.4. The molecule has 1 atom stereocenters. The number of nitrogens with zero attached hydrogens (tertiary/aromatic N) is 2. The molecule has 0 aromatic heterocycles. The van der Waals surface area contributed by atoms with E-state index in [1.165, 1.54) is 24.3 Å². The summed E-state index contributed by atoms with van der Waals surface area (Å²) >= 11 is 0. The summed E-state index contributed by atoms with van der Waals surface area (Å²) in [5, 5.41) is 9.08. The predicted octanol–water partition coefficient (Wildman–Crippen LogP) is 5.92. The molecule has 4 rings (SSSR count). The summed E-state index contributed by atoms with van der Waals surface area (Å²) in [6.07, 6.45) is 15.8. The van der Waals surface area contributed by atoms with Crippen LogP contribution in [0.15, 0.2) is 94.4 Å². The van der Waals surface area contributed by atoms with Crippen molar-refractivity contribution in [1.29, 1.82) is 0 Å². The van der Waals surface area contributed by atoms with Crippen molar-refractivity contribution in [1.82, 2.24) is 0 Å². The molecule has 0 saturated carbocycles. The van der Waals surface area contributed by atoms with Gasteiger partial charge in [-0.2, -0.15) is 4.58 Å². The lowest BCUT2D eigenvalue weighted by atomic mass is 9.78. The molecule has 2 heterocycles. The van der Waals surface area contributed by atoms with Gasteiger partial charge < -0.3 is 28.6 Å². The molecule has 288 valence electrons. The fraction of sp³-hybridized carbons (Fsp3) is 0.436. The van der Waals surface area contributed by atoms with Gasteiger partial charge in [0.25, 0.3) is 0 Å². The van der Waals surface area contributed by atoms with E-state index in [2.05, 4.69) is 9.48 Å². The number of carboxylic acids is 1. The Morgan fingerprint density at radius 1 is 0.868 bits per heavy atom. The fourth-order valence-electron chi connectivity index (χ4n) is 7.07. The van der Waals surface area contributed by atoms with Crippen LogP contribution < -0.4 is 4.90 Å². The molecule has 2 aliphatic rings. The Labute approximate surface area is 313 Å². The minimum absolute atomic E-state index is 0.0803. The second-order valence-corrected chi connectivity index (χ2v) is 16.5. The van der Waals surface area contributed by atoms with Crippen molar-refractivity contribution in [3.05, 3.63) is 95.8 Å². The Bertz CT molecular complexity index is 2050. The number of ether oxygens (including phenoxy) is 2. The molecule has 12 nitrogen and oxygen atoms in total. The molecular weight excluding hydrogens is 721 g/mol. The number of hydrogen-bond acceptors (Lipinski definition) is 10. The smallest absolute Gasteiger partial charge is 0.303 e. The number of anilines is 1. The lowest BCUT2D eigenvalue weighted by Gasteiger charge is -2.30. The summed E-state index contributed by atoms with van der Waals surface area (Å²) in [6.45, 7) is 10.4. The third-order valence-corrected chi connectivity index (χ3v) is 11.5. The van der Waals surface area contributed by atoms with Crippen LogP contribution in [-0.4, -0.2) is 87.3 Å². The number of hydrogen-bond donors (Lipinski definition) is 1. The maximum atomic E-state index is 12.1. The fourth-order valence-corrected chi connectivity index (χ4v) is 8.07. The maximum absolute atomic E-state index is 12.1. The van der Waals surface area contributed by atoms with Gasteiger partial charge in [-0.05, 0) is 88.9 Å². The highest BCUT2D eigenvalue weighted by atomic mass is 32.2. The number of unbranched alkanes of at least 4 members (excludes halogenated alkanes) is 2. The van der Waals surface area contributed by atoms with E-state index in [1.54, 1.807) is 19.2 Å². The van der Waals surface area contributed by atoms with Crippen molar-refractivity contribution in [3.8, 4) is 0 Å². The molecule has 2 aliphatic heterocycles. The van der Waals surface area contributed by atoms with Gasteiger partial charge in [-0.1, -0.05) is 36.8 Å². The van der Waals surface area contributed by atoms with Gasteiger partial charge in [0.2, 0.25) is 5.69 Å². The van der Waals surface area contributed by atoms with Crippen LogP contribution in [0.5, 0.6) is 0 Å². The van der Waals surface area contributed by atoms with E-state index < -0.39 is 37.0 Å². The van der Waals surface area contributed by atoms with Gasteiger partial charge in [0.15, 0.2) is 5.71 Å². The first-order valence-electron chi connectivity index (χ1n) is 17.6. The summed E-state index contributed by atoms with van der Waals surface area (Å²) in [5.41, 5.74) is 3.69. The molecule has 0 bridgehead atoms. The zero-order valence-corrected chi connectivity index (χ0v) is 32.5. The predicted molar refractivity (Wildman–Crippen MR) is 201 cm³/mol. The zero-order valence-electron chi connectivity index (χ0n) is 30.9. The molecule has 14 heteroatoms. The quantitative estimate of drug-likeness (QED) is 0.0777. The van der Waals surface area contributed by atoms with Crippen LogP contribution in [-0.2, 0) is 45.3 Å². The Kier molecular flexibility index (Phi) is 13.8. The highest BCUT2D eigenvalue weighted by Gasteiger charge is 2.45. The molecule has 1 unspecified atom stereocenters. The number of carboxylic acid groups (broad SMARTS) is 1. The number of carbonyl (C=O) groups is 1. The molecule has 1 N–H and O–H groups in total. The van der Waals surface area contributed by atoms with Crippen LogP contribution in [0.25, 0.3) is 0 Å². The first-order chi connectivity index (χ1) is 25.0. The van der Waals surface area contributed by atoms with Crippen LogP contribution in [0.1, 0.15) is 70.9 Å². The van der Waals surface area contributed by atoms with Crippen LogP contribution in [0.4, 0.5) is 11.4 Å². The molecule has 0 spiro atoms. The molecule has 2 aromatic rings. The summed E-state index contributed by atoms with van der Waals surface area (Å²) < 4.78 is 84.4. The number of allylic oxidation sites excluding steroid dienone is 8. The number of benzene rings is 2. The van der Waals surface area contributed by atoms with E-state index in [0.717, 1.165) is 28.3 Å². The first kappa shape index (κ1) is 41.8. The second-order valence-electron chi connectivity index (χ2n) is 13.7. The van der Waals surface area contributed by atoms with Crippen molar-refractivity contribution in [2.75, 3.05) is 44.9 Å². The van der Waals surface area contributed by atoms with E-state index in [-0.39, 0.29) is 16.2 Å². The molecule has 0 amide bonds. The lowest BCUT2D eigenvalue weighted by molar-refractivity contribution is -0.433. The Morgan fingerprint density at radius 3 is 2.15 bits per heavy atom. The van der Waals surface area contributed by atoms with E-state index in [9.17, 15) is 30.7 Å². The van der Waals surface area contributed by atoms with Gasteiger partial charge in [-0.25, -0.2) is 16.8 Å². The molecular formula is C39H49N2O10S2-. The van der Waals surface area contributed by atoms with E-state index in [1.807, 2.05) is 70.2 Å². The number of methoxy groups -OCH3 is 1. The first-order valence-corrected chi connectivity index (χ1v) is 20.4. The lowest BCUT2D eigenvalue weighted by Crippen LogP contribution is -2.30. The molecule has 0 radical (unpaired) electrons. The van der Waals surface area contributed by atoms with Crippen LogP contribution in [0, 0.1) is 0 Å².